The van der Waals surface area contributed by atoms with E-state index in [-0.39, 0.29) is 5.82 Å². The van der Waals surface area contributed by atoms with Gasteiger partial charge >= 0.3 is 0 Å². The summed E-state index contributed by atoms with van der Waals surface area (Å²) in [5.41, 5.74) is 3.05. The van der Waals surface area contributed by atoms with Crippen LogP contribution in [0.1, 0.15) is 29.7 Å². The monoisotopic (exact) mass is 381 g/mol. The van der Waals surface area contributed by atoms with Crippen LogP contribution < -0.4 is 4.90 Å². The first kappa shape index (κ1) is 18.6. The van der Waals surface area contributed by atoms with Crippen molar-refractivity contribution in [2.45, 2.75) is 32.3 Å². The minimum atomic E-state index is -0.945. The van der Waals surface area contributed by atoms with Gasteiger partial charge in [0, 0.05) is 31.9 Å². The molecule has 28 heavy (non-hydrogen) atoms. The highest BCUT2D eigenvalue weighted by Crippen LogP contribution is 2.35. The standard InChI is InChI=1S/C21H24FN5O/c1-14-10-16(4-5-18(14)22)21(28)6-8-27(9-7-21)20-12-23-11-19(24-20)17-13-26(3)25-15(17)2/h4-5,10-13,28H,6-9H2,1-3H3. The van der Waals surface area contributed by atoms with Gasteiger partial charge in [0.1, 0.15) is 11.6 Å². The average Bonchev–Trinajstić information content (AvgIpc) is 3.03. The lowest BCUT2D eigenvalue weighted by Gasteiger charge is -2.39. The molecule has 0 aliphatic carbocycles. The third-order valence-corrected chi connectivity index (χ3v) is 5.52. The molecule has 0 amide bonds. The summed E-state index contributed by atoms with van der Waals surface area (Å²) < 4.78 is 15.3. The first-order valence-corrected chi connectivity index (χ1v) is 9.42. The quantitative estimate of drug-likeness (QED) is 0.755. The van der Waals surface area contributed by atoms with Crippen molar-refractivity contribution in [1.29, 1.82) is 0 Å². The highest BCUT2D eigenvalue weighted by molar-refractivity contribution is 5.61. The first-order valence-electron chi connectivity index (χ1n) is 9.42. The van der Waals surface area contributed by atoms with Crippen molar-refractivity contribution in [2.75, 3.05) is 18.0 Å². The summed E-state index contributed by atoms with van der Waals surface area (Å²) in [5, 5.41) is 15.5. The maximum atomic E-state index is 13.6. The number of hydrogen-bond acceptors (Lipinski definition) is 5. The fourth-order valence-electron chi connectivity index (χ4n) is 3.82. The molecule has 0 saturated carbocycles. The molecule has 4 rings (SSSR count). The van der Waals surface area contributed by atoms with Crippen LogP contribution in [0.4, 0.5) is 10.2 Å². The van der Waals surface area contributed by atoms with Crippen molar-refractivity contribution in [2.24, 2.45) is 7.05 Å². The van der Waals surface area contributed by atoms with Crippen molar-refractivity contribution in [3.8, 4) is 11.3 Å². The second-order valence-corrected chi connectivity index (χ2v) is 7.55. The Balaban J connectivity index is 1.53. The van der Waals surface area contributed by atoms with E-state index in [0.29, 0.717) is 31.5 Å². The molecule has 3 aromatic rings. The summed E-state index contributed by atoms with van der Waals surface area (Å²) in [4.78, 5) is 11.3. The summed E-state index contributed by atoms with van der Waals surface area (Å²) in [6.45, 7) is 4.97. The molecule has 0 radical (unpaired) electrons. The second-order valence-electron chi connectivity index (χ2n) is 7.55. The average molecular weight is 381 g/mol. The Morgan fingerprint density at radius 3 is 2.54 bits per heavy atom. The van der Waals surface area contributed by atoms with Crippen LogP contribution >= 0.6 is 0 Å². The number of aryl methyl sites for hydroxylation is 3. The van der Waals surface area contributed by atoms with Crippen LogP contribution in [0.25, 0.3) is 11.3 Å². The molecule has 1 aliphatic heterocycles. The molecule has 1 aromatic carbocycles. The van der Waals surface area contributed by atoms with Crippen LogP contribution in [0.2, 0.25) is 0 Å². The highest BCUT2D eigenvalue weighted by atomic mass is 19.1. The van der Waals surface area contributed by atoms with Crippen molar-refractivity contribution < 1.29 is 9.50 Å². The number of piperidine rings is 1. The van der Waals surface area contributed by atoms with Crippen LogP contribution in [0.5, 0.6) is 0 Å². The van der Waals surface area contributed by atoms with Crippen LogP contribution in [0, 0.1) is 19.7 Å². The molecular weight excluding hydrogens is 357 g/mol. The number of halogens is 1. The van der Waals surface area contributed by atoms with Gasteiger partial charge in [-0.05, 0) is 43.9 Å². The summed E-state index contributed by atoms with van der Waals surface area (Å²) in [5.74, 6) is 0.542. The maximum Gasteiger partial charge on any atom is 0.147 e. The van der Waals surface area contributed by atoms with Gasteiger partial charge in [0.05, 0.1) is 29.4 Å². The number of rotatable bonds is 3. The van der Waals surface area contributed by atoms with E-state index >= 15 is 0 Å². The Kier molecular flexibility index (Phi) is 4.63. The number of benzene rings is 1. The Morgan fingerprint density at radius 1 is 1.14 bits per heavy atom. The number of aromatic nitrogens is 4. The highest BCUT2D eigenvalue weighted by Gasteiger charge is 2.34. The van der Waals surface area contributed by atoms with Gasteiger partial charge in [-0.15, -0.1) is 0 Å². The number of anilines is 1. The smallest absolute Gasteiger partial charge is 0.147 e. The van der Waals surface area contributed by atoms with Crippen LogP contribution in [-0.2, 0) is 12.6 Å². The molecule has 1 aliphatic rings. The molecule has 146 valence electrons. The molecular formula is C21H24FN5O. The zero-order valence-electron chi connectivity index (χ0n) is 16.4. The van der Waals surface area contributed by atoms with Gasteiger partial charge in [-0.2, -0.15) is 5.10 Å². The van der Waals surface area contributed by atoms with Crippen molar-refractivity contribution in [3.63, 3.8) is 0 Å². The van der Waals surface area contributed by atoms with Crippen molar-refractivity contribution in [3.05, 3.63) is 59.4 Å². The van der Waals surface area contributed by atoms with Gasteiger partial charge in [-0.1, -0.05) is 12.1 Å². The molecule has 7 heteroatoms. The zero-order chi connectivity index (χ0) is 19.9. The van der Waals surface area contributed by atoms with Gasteiger partial charge < -0.3 is 10.0 Å². The lowest BCUT2D eigenvalue weighted by molar-refractivity contribution is 0.0115. The molecule has 6 nitrogen and oxygen atoms in total. The number of hydrogen-bond donors (Lipinski definition) is 1. The molecule has 3 heterocycles. The van der Waals surface area contributed by atoms with Crippen molar-refractivity contribution in [1.82, 2.24) is 19.7 Å². The van der Waals surface area contributed by atoms with E-state index in [1.54, 1.807) is 36.1 Å². The Hall–Kier alpha value is -2.80. The second kappa shape index (κ2) is 6.98. The molecule has 1 N–H and O–H groups in total. The summed E-state index contributed by atoms with van der Waals surface area (Å²) in [6.07, 6.45) is 6.54. The normalized spacial score (nSPS) is 16.4. The summed E-state index contributed by atoms with van der Waals surface area (Å²) in [6, 6.07) is 4.86. The predicted octanol–water partition coefficient (Wildman–Crippen LogP) is 3.12. The Morgan fingerprint density at radius 2 is 1.89 bits per heavy atom. The van der Waals surface area contributed by atoms with E-state index in [4.69, 9.17) is 4.98 Å². The fourth-order valence-corrected chi connectivity index (χ4v) is 3.82. The Bertz CT molecular complexity index is 1010. The van der Waals surface area contributed by atoms with Gasteiger partial charge in [-0.25, -0.2) is 9.37 Å². The van der Waals surface area contributed by atoms with Crippen LogP contribution in [0.15, 0.2) is 36.8 Å². The van der Waals surface area contributed by atoms with Crippen LogP contribution in [0.3, 0.4) is 0 Å². The SMILES string of the molecule is Cc1cc(C2(O)CCN(c3cncc(-c4cn(C)nc4C)n3)CC2)ccc1F. The molecule has 1 fully saturated rings. The van der Waals surface area contributed by atoms with Gasteiger partial charge in [0.15, 0.2) is 0 Å². The van der Waals surface area contributed by atoms with Gasteiger partial charge in [-0.3, -0.25) is 9.67 Å². The van der Waals surface area contributed by atoms with E-state index < -0.39 is 5.60 Å². The molecule has 0 atom stereocenters. The number of aliphatic hydroxyl groups is 1. The third-order valence-electron chi connectivity index (χ3n) is 5.52. The summed E-state index contributed by atoms with van der Waals surface area (Å²) >= 11 is 0. The predicted molar refractivity (Wildman–Crippen MR) is 105 cm³/mol. The van der Waals surface area contributed by atoms with Crippen LogP contribution in [-0.4, -0.2) is 37.9 Å². The molecule has 0 unspecified atom stereocenters. The van der Waals surface area contributed by atoms with Gasteiger partial charge in [0.2, 0.25) is 0 Å². The molecule has 0 spiro atoms. The van der Waals surface area contributed by atoms with Gasteiger partial charge in [0.25, 0.3) is 0 Å². The minimum absolute atomic E-state index is 0.248. The maximum absolute atomic E-state index is 13.6. The largest absolute Gasteiger partial charge is 0.385 e. The molecule has 2 aromatic heterocycles. The van der Waals surface area contributed by atoms with E-state index in [0.717, 1.165) is 28.3 Å². The van der Waals surface area contributed by atoms with E-state index in [1.807, 2.05) is 20.2 Å². The summed E-state index contributed by atoms with van der Waals surface area (Å²) in [7, 11) is 1.89. The third kappa shape index (κ3) is 3.38. The molecule has 1 saturated heterocycles. The number of nitrogens with zero attached hydrogens (tertiary/aromatic N) is 5. The lowest BCUT2D eigenvalue weighted by Crippen LogP contribution is -2.43. The molecule has 0 bridgehead atoms. The fraction of sp³-hybridized carbons (Fsp3) is 0.381. The first-order chi connectivity index (χ1) is 13.4. The minimum Gasteiger partial charge on any atom is -0.385 e. The zero-order valence-corrected chi connectivity index (χ0v) is 16.4. The Labute approximate surface area is 163 Å². The van der Waals surface area contributed by atoms with Crippen molar-refractivity contribution >= 4 is 5.82 Å². The van der Waals surface area contributed by atoms with E-state index in [9.17, 15) is 9.50 Å². The van der Waals surface area contributed by atoms with E-state index in [1.165, 1.54) is 6.07 Å². The van der Waals surface area contributed by atoms with E-state index in [2.05, 4.69) is 15.0 Å². The topological polar surface area (TPSA) is 67.1 Å². The lowest BCUT2D eigenvalue weighted by atomic mass is 9.84.